The zero-order valence-corrected chi connectivity index (χ0v) is 26.9. The van der Waals surface area contributed by atoms with Crippen molar-refractivity contribution >= 4 is 40.1 Å². The van der Waals surface area contributed by atoms with Crippen molar-refractivity contribution in [2.75, 3.05) is 30.5 Å². The maximum atomic E-state index is 14.1. The molecule has 1 aromatic rings. The normalized spacial score (nSPS) is 21.9. The second-order valence-corrected chi connectivity index (χ2v) is 17.4. The van der Waals surface area contributed by atoms with Crippen molar-refractivity contribution in [2.24, 2.45) is 15.6 Å². The van der Waals surface area contributed by atoms with Crippen LogP contribution in [-0.2, 0) is 30.1 Å². The number of unbranched alkanes of at least 4 members (excludes halogenated alkanes) is 2. The largest absolute Gasteiger partial charge is 0.509 e. The van der Waals surface area contributed by atoms with Crippen LogP contribution in [-0.4, -0.2) is 61.4 Å². The zero-order chi connectivity index (χ0) is 30.1. The predicted octanol–water partition coefficient (Wildman–Crippen LogP) is 5.63. The summed E-state index contributed by atoms with van der Waals surface area (Å²) in [6.45, 7) is 14.6. The monoisotopic (exact) mass is 595 g/mol. The van der Waals surface area contributed by atoms with E-state index in [1.807, 2.05) is 32.9 Å². The van der Waals surface area contributed by atoms with Crippen molar-refractivity contribution in [3.63, 3.8) is 0 Å². The van der Waals surface area contributed by atoms with Crippen molar-refractivity contribution < 1.29 is 27.4 Å². The van der Waals surface area contributed by atoms with Crippen LogP contribution in [0.15, 0.2) is 34.3 Å². The second kappa shape index (κ2) is 12.0. The van der Waals surface area contributed by atoms with Gasteiger partial charge in [0.2, 0.25) is 0 Å². The Morgan fingerprint density at radius 3 is 2.38 bits per heavy atom. The van der Waals surface area contributed by atoms with E-state index in [1.165, 1.54) is 6.26 Å². The van der Waals surface area contributed by atoms with Gasteiger partial charge in [-0.2, -0.15) is 4.76 Å². The number of anilines is 1. The third kappa shape index (κ3) is 7.77. The van der Waals surface area contributed by atoms with Gasteiger partial charge in [-0.1, -0.05) is 54.0 Å². The number of sulfone groups is 1. The summed E-state index contributed by atoms with van der Waals surface area (Å²) in [6, 6.07) is 4.99. The van der Waals surface area contributed by atoms with Gasteiger partial charge in [0.25, 0.3) is 5.91 Å². The highest BCUT2D eigenvalue weighted by Gasteiger charge is 2.48. The molecule has 2 heterocycles. The summed E-state index contributed by atoms with van der Waals surface area (Å²) >= 11 is 0. The van der Waals surface area contributed by atoms with Gasteiger partial charge < -0.3 is 19.8 Å². The molecule has 1 amide bonds. The Kier molecular flexibility index (Phi) is 9.69. The number of aliphatic hydroxyl groups excluding tert-OH is 1. The molecule has 2 aliphatic rings. The topological polar surface area (TPSA) is 125 Å². The second-order valence-electron chi connectivity index (χ2n) is 13.1. The Morgan fingerprint density at radius 2 is 1.80 bits per heavy atom. The highest BCUT2D eigenvalue weighted by molar-refractivity contribution is 7.90. The standard InChI is InChI=1S/C29H46N3O6PS/c1-9-38-39(35)22-19-20(13-11-10-12-18-40(8,36)37)14-15-21(22)30-26(31-39)23-24(33)25(29(5,6)7)32(27(23)34)17-16-28(2,3)4/h14-15,19,25,33H,9-13,16-18H2,1-8H3,(H,30,31,35). The van der Waals surface area contributed by atoms with E-state index < -0.39 is 28.8 Å². The third-order valence-corrected chi connectivity index (χ3v) is 10.2. The van der Waals surface area contributed by atoms with E-state index in [0.717, 1.165) is 24.8 Å². The van der Waals surface area contributed by atoms with Gasteiger partial charge in [-0.3, -0.25) is 9.36 Å². The third-order valence-electron chi connectivity index (χ3n) is 7.10. The average molecular weight is 596 g/mol. The van der Waals surface area contributed by atoms with Crippen LogP contribution in [0.3, 0.4) is 0 Å². The van der Waals surface area contributed by atoms with Gasteiger partial charge in [-0.15, -0.1) is 0 Å². The number of hydrogen-bond donors (Lipinski definition) is 2. The van der Waals surface area contributed by atoms with Crippen LogP contribution in [0.4, 0.5) is 5.69 Å². The summed E-state index contributed by atoms with van der Waals surface area (Å²) in [6.07, 6.45) is 4.85. The van der Waals surface area contributed by atoms with E-state index in [-0.39, 0.29) is 40.8 Å². The fourth-order valence-corrected chi connectivity index (χ4v) is 7.67. The summed E-state index contributed by atoms with van der Waals surface area (Å²) in [7, 11) is -6.72. The molecular weight excluding hydrogens is 549 g/mol. The van der Waals surface area contributed by atoms with Crippen molar-refractivity contribution in [3.8, 4) is 0 Å². The number of nitrogens with one attached hydrogen (secondary N) is 1. The lowest BCUT2D eigenvalue weighted by atomic mass is 9.84. The van der Waals surface area contributed by atoms with Crippen LogP contribution in [0.1, 0.15) is 79.7 Å². The highest BCUT2D eigenvalue weighted by atomic mass is 32.2. The van der Waals surface area contributed by atoms with Crippen LogP contribution in [0, 0.1) is 10.8 Å². The first-order valence-electron chi connectivity index (χ1n) is 14.0. The minimum Gasteiger partial charge on any atom is -0.509 e. The molecule has 0 saturated carbocycles. The Balaban J connectivity index is 1.92. The van der Waals surface area contributed by atoms with Gasteiger partial charge in [0, 0.05) is 18.6 Å². The van der Waals surface area contributed by atoms with Crippen molar-refractivity contribution in [1.82, 2.24) is 4.90 Å². The van der Waals surface area contributed by atoms with E-state index in [2.05, 4.69) is 30.9 Å². The van der Waals surface area contributed by atoms with Crippen molar-refractivity contribution in [3.05, 3.63) is 35.1 Å². The number of hydrogen-bond acceptors (Lipinski definition) is 7. The van der Waals surface area contributed by atoms with Gasteiger partial charge in [0.15, 0.2) is 5.84 Å². The minimum absolute atomic E-state index is 0.00326. The van der Waals surface area contributed by atoms with Crippen LogP contribution < -0.4 is 10.6 Å². The molecule has 0 aromatic heterocycles. The lowest BCUT2D eigenvalue weighted by molar-refractivity contribution is -0.128. The first-order valence-corrected chi connectivity index (χ1v) is 17.7. The van der Waals surface area contributed by atoms with E-state index in [4.69, 9.17) is 4.52 Å². The molecule has 3 rings (SSSR count). The fraction of sp³-hybridized carbons (Fsp3) is 0.655. The molecule has 0 radical (unpaired) electrons. The maximum Gasteiger partial charge on any atom is 0.348 e. The summed E-state index contributed by atoms with van der Waals surface area (Å²) in [4.78, 5) is 15.5. The number of nitrogens with zero attached hydrogens (tertiary/aromatic N) is 2. The van der Waals surface area contributed by atoms with E-state index >= 15 is 0 Å². The van der Waals surface area contributed by atoms with Gasteiger partial charge in [0.05, 0.1) is 23.6 Å². The lowest BCUT2D eigenvalue weighted by Crippen LogP contribution is -2.45. The molecule has 9 nitrogen and oxygen atoms in total. The molecule has 1 aromatic carbocycles. The summed E-state index contributed by atoms with van der Waals surface area (Å²) in [5, 5.41) is 15.0. The molecule has 0 spiro atoms. The summed E-state index contributed by atoms with van der Waals surface area (Å²) in [5.74, 6) is -0.184. The number of amides is 1. The average Bonchev–Trinajstić information content (AvgIpc) is 3.06. The highest BCUT2D eigenvalue weighted by Crippen LogP contribution is 2.53. The van der Waals surface area contributed by atoms with Gasteiger partial charge >= 0.3 is 7.52 Å². The summed E-state index contributed by atoms with van der Waals surface area (Å²) in [5.41, 5.74) is 1.06. The quantitative estimate of drug-likeness (QED) is 0.251. The molecule has 0 aliphatic carbocycles. The molecule has 11 heteroatoms. The molecule has 224 valence electrons. The number of aliphatic hydroxyl groups is 1. The van der Waals surface area contributed by atoms with Crippen molar-refractivity contribution in [2.45, 2.75) is 86.6 Å². The Bertz CT molecular complexity index is 1340. The summed E-state index contributed by atoms with van der Waals surface area (Å²) < 4.78 is 47.1. The molecule has 0 saturated heterocycles. The first kappa shape index (κ1) is 32.4. The molecule has 2 aliphatic heterocycles. The molecule has 2 atom stereocenters. The maximum absolute atomic E-state index is 14.1. The molecule has 0 fully saturated rings. The zero-order valence-electron chi connectivity index (χ0n) is 25.2. The number of carbonyl (C=O) groups excluding carboxylic acids is 1. The molecule has 0 bridgehead atoms. The minimum atomic E-state index is -3.75. The molecular formula is C29H46N3O6PS. The Morgan fingerprint density at radius 1 is 1.12 bits per heavy atom. The fourth-order valence-electron chi connectivity index (χ4n) is 5.11. The Hall–Kier alpha value is -2.16. The van der Waals surface area contributed by atoms with Crippen LogP contribution >= 0.6 is 7.52 Å². The number of amidine groups is 1. The molecule has 2 unspecified atom stereocenters. The lowest BCUT2D eigenvalue weighted by Gasteiger charge is -2.36. The molecule has 2 N–H and O–H groups in total. The SMILES string of the molecule is CCOP1(=O)N=C(C2=C(O)C(C(C)(C)C)N(CCC(C)(C)C)C2=O)Nc2ccc(CCCCCS(C)(=O)=O)cc21. The number of rotatable bonds is 11. The van der Waals surface area contributed by atoms with Crippen LogP contribution in [0.2, 0.25) is 0 Å². The van der Waals surface area contributed by atoms with Gasteiger partial charge in [-0.25, -0.2) is 8.42 Å². The number of fused-ring (bicyclic) bond motifs is 1. The van der Waals surface area contributed by atoms with E-state index in [0.29, 0.717) is 30.4 Å². The smallest absolute Gasteiger partial charge is 0.348 e. The van der Waals surface area contributed by atoms with E-state index in [1.54, 1.807) is 17.9 Å². The predicted molar refractivity (Wildman–Crippen MR) is 162 cm³/mol. The van der Waals surface area contributed by atoms with Gasteiger partial charge in [0.1, 0.15) is 21.2 Å². The molecule has 40 heavy (non-hydrogen) atoms. The Labute approximate surface area is 239 Å². The van der Waals surface area contributed by atoms with Crippen LogP contribution in [0.5, 0.6) is 0 Å². The first-order chi connectivity index (χ1) is 18.4. The van der Waals surface area contributed by atoms with Crippen LogP contribution in [0.25, 0.3) is 0 Å². The number of aryl methyl sites for hydroxylation is 1. The van der Waals surface area contributed by atoms with Crippen molar-refractivity contribution in [1.29, 1.82) is 0 Å². The number of carbonyl (C=O) groups is 1. The van der Waals surface area contributed by atoms with E-state index in [9.17, 15) is 22.9 Å². The van der Waals surface area contributed by atoms with Gasteiger partial charge in [-0.05, 0) is 61.1 Å². The number of benzene rings is 1.